The number of anilines is 1. The summed E-state index contributed by atoms with van der Waals surface area (Å²) in [4.78, 5) is 11.0. The van der Waals surface area contributed by atoms with Gasteiger partial charge in [-0.3, -0.25) is 0 Å². The zero-order valence-electron chi connectivity index (χ0n) is 16.2. The minimum Gasteiger partial charge on any atom is -0.493 e. The van der Waals surface area contributed by atoms with E-state index in [1.807, 2.05) is 18.2 Å². The zero-order chi connectivity index (χ0) is 19.7. The number of halogens is 3. The topological polar surface area (TPSA) is 56.7 Å². The summed E-state index contributed by atoms with van der Waals surface area (Å²) in [7, 11) is 3.22. The van der Waals surface area contributed by atoms with E-state index < -0.39 is 4.58 Å². The first-order chi connectivity index (χ1) is 13.5. The van der Waals surface area contributed by atoms with Gasteiger partial charge in [-0.2, -0.15) is 0 Å². The lowest BCUT2D eigenvalue weighted by atomic mass is 10.0. The molecule has 9 heteroatoms. The molecule has 2 aliphatic rings. The number of hydrogen-bond donors (Lipinski definition) is 0. The van der Waals surface area contributed by atoms with Crippen molar-refractivity contribution in [3.05, 3.63) is 41.9 Å². The van der Waals surface area contributed by atoms with Crippen LogP contribution in [-0.2, 0) is 4.74 Å². The van der Waals surface area contributed by atoms with Crippen LogP contribution in [0.4, 0.5) is 10.2 Å². The van der Waals surface area contributed by atoms with Crippen molar-refractivity contribution in [1.82, 2.24) is 9.97 Å². The van der Waals surface area contributed by atoms with E-state index in [1.54, 1.807) is 20.3 Å². The van der Waals surface area contributed by atoms with E-state index in [9.17, 15) is 4.39 Å². The van der Waals surface area contributed by atoms with E-state index >= 15 is 0 Å². The number of hydrogen-bond acceptors (Lipinski definition) is 6. The average molecular weight is 487 g/mol. The predicted octanol–water partition coefficient (Wildman–Crippen LogP) is 4.57. The predicted molar refractivity (Wildman–Crippen MR) is 116 cm³/mol. The molecule has 0 fully saturated rings. The normalized spacial score (nSPS) is 20.6. The number of benzene rings is 1. The Hall–Kier alpha value is -1.90. The van der Waals surface area contributed by atoms with Gasteiger partial charge in [-0.05, 0) is 40.1 Å². The van der Waals surface area contributed by atoms with Crippen LogP contribution in [0.25, 0.3) is 10.9 Å². The van der Waals surface area contributed by atoms with Gasteiger partial charge in [-0.15, -0.1) is 12.4 Å². The molecule has 0 spiro atoms. The lowest BCUT2D eigenvalue weighted by molar-refractivity contribution is 0.144. The van der Waals surface area contributed by atoms with Crippen LogP contribution in [0.2, 0.25) is 0 Å². The van der Waals surface area contributed by atoms with Crippen LogP contribution in [-0.4, -0.2) is 48.5 Å². The summed E-state index contributed by atoms with van der Waals surface area (Å²) in [5.74, 6) is 1.94. The summed E-state index contributed by atoms with van der Waals surface area (Å²) in [5, 5.41) is 0.834. The number of rotatable bonds is 6. The molecular formula is C20H22BrClFN3O3. The number of allylic oxidation sites excluding steroid dienone is 3. The first-order valence-corrected chi connectivity index (χ1v) is 9.83. The number of ether oxygens (including phenoxy) is 3. The van der Waals surface area contributed by atoms with Crippen LogP contribution in [0.3, 0.4) is 0 Å². The van der Waals surface area contributed by atoms with Crippen LogP contribution in [0.1, 0.15) is 12.8 Å². The molecule has 1 aromatic heterocycles. The number of nitrogens with zero attached hydrogens (tertiary/aromatic N) is 3. The van der Waals surface area contributed by atoms with Gasteiger partial charge in [0, 0.05) is 37.2 Å². The standard InChI is InChI=1S/C20H21BrFN3O3.ClH/c1-26-7-8-28-18-10-15-14(9-17(18)27-2)19(24-12-23-15)25-6-4-13-3-5-20(21,22)11-16(13)25;/h3,5,9-10,12H,4,6-8,11H2,1-2H3;1H. The molecule has 1 aliphatic carbocycles. The number of methoxy groups -OCH3 is 2. The van der Waals surface area contributed by atoms with Crippen molar-refractivity contribution in [1.29, 1.82) is 0 Å². The van der Waals surface area contributed by atoms with E-state index in [1.165, 1.54) is 6.33 Å². The molecule has 29 heavy (non-hydrogen) atoms. The quantitative estimate of drug-likeness (QED) is 0.440. The van der Waals surface area contributed by atoms with E-state index in [4.69, 9.17) is 14.2 Å². The Kier molecular flexibility index (Phi) is 6.65. The van der Waals surface area contributed by atoms with Gasteiger partial charge in [0.2, 0.25) is 0 Å². The molecule has 0 amide bonds. The Morgan fingerprint density at radius 2 is 2.03 bits per heavy atom. The highest BCUT2D eigenvalue weighted by molar-refractivity contribution is 9.10. The highest BCUT2D eigenvalue weighted by atomic mass is 79.9. The van der Waals surface area contributed by atoms with Gasteiger partial charge in [-0.25, -0.2) is 14.4 Å². The van der Waals surface area contributed by atoms with E-state index in [0.717, 1.165) is 41.0 Å². The summed E-state index contributed by atoms with van der Waals surface area (Å²) in [6.45, 7) is 1.64. The van der Waals surface area contributed by atoms with Crippen LogP contribution >= 0.6 is 28.3 Å². The lowest BCUT2D eigenvalue weighted by Gasteiger charge is -2.27. The molecule has 0 saturated heterocycles. The molecule has 1 aliphatic heterocycles. The Bertz CT molecular complexity index is 967. The molecule has 0 bridgehead atoms. The van der Waals surface area contributed by atoms with Crippen molar-refractivity contribution < 1.29 is 18.6 Å². The van der Waals surface area contributed by atoms with Crippen LogP contribution in [0, 0.1) is 0 Å². The van der Waals surface area contributed by atoms with E-state index in [-0.39, 0.29) is 18.8 Å². The average Bonchev–Trinajstić information content (AvgIpc) is 3.08. The maximum absolute atomic E-state index is 14.5. The molecule has 2 heterocycles. The second kappa shape index (κ2) is 8.85. The van der Waals surface area contributed by atoms with Crippen LogP contribution in [0.15, 0.2) is 41.9 Å². The molecule has 0 saturated carbocycles. The van der Waals surface area contributed by atoms with Crippen molar-refractivity contribution in [2.75, 3.05) is 38.9 Å². The SMILES string of the molecule is COCCOc1cc2ncnc(N3CCC4=C3CC(F)(Br)C=C4)c2cc1OC.Cl. The van der Waals surface area contributed by atoms with Gasteiger partial charge in [0.25, 0.3) is 0 Å². The summed E-state index contributed by atoms with van der Waals surface area (Å²) in [6.07, 6.45) is 6.08. The van der Waals surface area contributed by atoms with Gasteiger partial charge in [0.1, 0.15) is 18.8 Å². The summed E-state index contributed by atoms with van der Waals surface area (Å²) >= 11 is 3.15. The number of aromatic nitrogens is 2. The smallest absolute Gasteiger partial charge is 0.189 e. The summed E-state index contributed by atoms with van der Waals surface area (Å²) in [5.41, 5.74) is 2.83. The third kappa shape index (κ3) is 4.34. The fraction of sp³-hybridized carbons (Fsp3) is 0.400. The van der Waals surface area contributed by atoms with Crippen molar-refractivity contribution in [2.45, 2.75) is 17.4 Å². The lowest BCUT2D eigenvalue weighted by Crippen LogP contribution is -2.25. The minimum atomic E-state index is -1.53. The highest BCUT2D eigenvalue weighted by Crippen LogP contribution is 2.44. The van der Waals surface area contributed by atoms with Gasteiger partial charge >= 0.3 is 0 Å². The van der Waals surface area contributed by atoms with Gasteiger partial charge in [0.15, 0.2) is 16.1 Å². The van der Waals surface area contributed by atoms with E-state index in [0.29, 0.717) is 24.7 Å². The molecule has 156 valence electrons. The molecule has 1 atom stereocenters. The summed E-state index contributed by atoms with van der Waals surface area (Å²) in [6, 6.07) is 3.71. The van der Waals surface area contributed by atoms with E-state index in [2.05, 4.69) is 30.8 Å². The molecule has 6 nitrogen and oxygen atoms in total. The monoisotopic (exact) mass is 485 g/mol. The molecule has 1 unspecified atom stereocenters. The Morgan fingerprint density at radius 3 is 2.79 bits per heavy atom. The van der Waals surface area contributed by atoms with Crippen LogP contribution < -0.4 is 14.4 Å². The van der Waals surface area contributed by atoms with Gasteiger partial charge in [-0.1, -0.05) is 6.08 Å². The molecule has 4 rings (SSSR count). The largest absolute Gasteiger partial charge is 0.493 e. The van der Waals surface area contributed by atoms with Crippen molar-refractivity contribution in [3.8, 4) is 11.5 Å². The van der Waals surface area contributed by atoms with Crippen molar-refractivity contribution in [2.24, 2.45) is 0 Å². The fourth-order valence-electron chi connectivity index (χ4n) is 3.58. The maximum atomic E-state index is 14.5. The summed E-state index contributed by atoms with van der Waals surface area (Å²) < 4.78 is 29.3. The molecule has 0 radical (unpaired) electrons. The molecule has 1 aromatic carbocycles. The maximum Gasteiger partial charge on any atom is 0.189 e. The Labute approximate surface area is 183 Å². The van der Waals surface area contributed by atoms with Crippen molar-refractivity contribution in [3.63, 3.8) is 0 Å². The zero-order valence-corrected chi connectivity index (χ0v) is 18.6. The number of fused-ring (bicyclic) bond motifs is 1. The van der Waals surface area contributed by atoms with Gasteiger partial charge in [0.05, 0.1) is 19.2 Å². The van der Waals surface area contributed by atoms with Crippen molar-refractivity contribution >= 4 is 45.1 Å². The second-order valence-corrected chi connectivity index (χ2v) is 8.02. The van der Waals surface area contributed by atoms with Gasteiger partial charge < -0.3 is 19.1 Å². The molecule has 2 aromatic rings. The Balaban J connectivity index is 0.00000240. The second-order valence-electron chi connectivity index (χ2n) is 6.70. The number of alkyl halides is 2. The first kappa shape index (κ1) is 21.8. The third-order valence-corrected chi connectivity index (χ3v) is 5.48. The minimum absolute atomic E-state index is 0. The third-order valence-electron chi connectivity index (χ3n) is 4.93. The molecular weight excluding hydrogens is 465 g/mol. The molecule has 0 N–H and O–H groups in total. The van der Waals surface area contributed by atoms with Crippen LogP contribution in [0.5, 0.6) is 11.5 Å². The fourth-order valence-corrected chi connectivity index (χ4v) is 3.98. The first-order valence-electron chi connectivity index (χ1n) is 9.03. The Morgan fingerprint density at radius 1 is 1.21 bits per heavy atom. The highest BCUT2D eigenvalue weighted by Gasteiger charge is 2.35.